The van der Waals surface area contributed by atoms with Crippen molar-refractivity contribution < 1.29 is 0 Å². The molecule has 1 aromatic heterocycles. The summed E-state index contributed by atoms with van der Waals surface area (Å²) in [6.07, 6.45) is 10.8. The molecule has 0 aliphatic carbocycles. The highest BCUT2D eigenvalue weighted by Crippen LogP contribution is 2.26. The summed E-state index contributed by atoms with van der Waals surface area (Å²) in [5.41, 5.74) is 4.10. The van der Waals surface area contributed by atoms with Crippen LogP contribution in [0.1, 0.15) is 70.5 Å². The number of aromatic nitrogens is 2. The topological polar surface area (TPSA) is 55.9 Å². The van der Waals surface area contributed by atoms with Crippen LogP contribution in [0, 0.1) is 0 Å². The van der Waals surface area contributed by atoms with Crippen LogP contribution in [-0.2, 0) is 6.54 Å². The Balaban J connectivity index is 2.42. The smallest absolute Gasteiger partial charge is 0.0709 e. The van der Waals surface area contributed by atoms with E-state index in [4.69, 9.17) is 5.84 Å². The maximum Gasteiger partial charge on any atom is 0.0709 e. The third kappa shape index (κ3) is 5.24. The second-order valence-corrected chi connectivity index (χ2v) is 5.82. The van der Waals surface area contributed by atoms with Crippen LogP contribution in [-0.4, -0.2) is 9.78 Å². The Labute approximate surface area is 125 Å². The van der Waals surface area contributed by atoms with E-state index in [9.17, 15) is 0 Å². The maximum atomic E-state index is 5.71. The number of nitrogens with one attached hydrogen (secondary N) is 1. The van der Waals surface area contributed by atoms with Crippen LogP contribution in [0.25, 0.3) is 0 Å². The van der Waals surface area contributed by atoms with Gasteiger partial charge in [-0.25, -0.2) is 0 Å². The summed E-state index contributed by atoms with van der Waals surface area (Å²) in [5, 5.41) is 4.35. The Bertz CT molecular complexity index is 351. The molecule has 1 rings (SSSR count). The lowest BCUT2D eigenvalue weighted by molar-refractivity contribution is 0.441. The first-order valence-corrected chi connectivity index (χ1v) is 8.21. The van der Waals surface area contributed by atoms with Gasteiger partial charge in [-0.05, 0) is 29.3 Å². The van der Waals surface area contributed by atoms with Crippen LogP contribution >= 0.6 is 15.9 Å². The molecule has 4 nitrogen and oxygen atoms in total. The van der Waals surface area contributed by atoms with E-state index in [0.29, 0.717) is 0 Å². The number of halogens is 1. The third-order valence-corrected chi connectivity index (χ3v) is 4.12. The van der Waals surface area contributed by atoms with E-state index < -0.39 is 0 Å². The number of unbranched alkanes of at least 4 members (excludes halogenated alkanes) is 5. The normalized spacial score (nSPS) is 12.8. The number of aryl methyl sites for hydroxylation is 1. The molecule has 0 amide bonds. The predicted octanol–water partition coefficient (Wildman–Crippen LogP) is 3.92. The van der Waals surface area contributed by atoms with Crippen molar-refractivity contribution in [3.05, 3.63) is 16.4 Å². The summed E-state index contributed by atoms with van der Waals surface area (Å²) in [5.74, 6) is 5.71. The summed E-state index contributed by atoms with van der Waals surface area (Å²) in [6, 6.07) is 0.183. The second-order valence-electron chi connectivity index (χ2n) is 4.97. The average molecular weight is 331 g/mol. The predicted molar refractivity (Wildman–Crippen MR) is 83.7 cm³/mol. The summed E-state index contributed by atoms with van der Waals surface area (Å²) in [7, 11) is 0. The summed E-state index contributed by atoms with van der Waals surface area (Å²) in [6.45, 7) is 5.22. The van der Waals surface area contributed by atoms with Gasteiger partial charge in [-0.3, -0.25) is 16.0 Å². The van der Waals surface area contributed by atoms with Crippen molar-refractivity contribution in [2.24, 2.45) is 5.84 Å². The van der Waals surface area contributed by atoms with E-state index in [1.165, 1.54) is 44.2 Å². The number of hydrogen-bond acceptors (Lipinski definition) is 3. The van der Waals surface area contributed by atoms with Crippen molar-refractivity contribution in [1.29, 1.82) is 0 Å². The number of nitrogens with two attached hydrogens (primary N) is 1. The van der Waals surface area contributed by atoms with Gasteiger partial charge in [0.1, 0.15) is 0 Å². The molecule has 0 spiro atoms. The zero-order valence-electron chi connectivity index (χ0n) is 12.2. The van der Waals surface area contributed by atoms with Crippen molar-refractivity contribution in [2.75, 3.05) is 0 Å². The molecule has 0 bridgehead atoms. The van der Waals surface area contributed by atoms with E-state index >= 15 is 0 Å². The molecular formula is C14H27BrN4. The summed E-state index contributed by atoms with van der Waals surface area (Å²) >= 11 is 3.56. The van der Waals surface area contributed by atoms with Gasteiger partial charge in [0.15, 0.2) is 0 Å². The third-order valence-electron chi connectivity index (χ3n) is 3.51. The van der Waals surface area contributed by atoms with Crippen molar-refractivity contribution in [2.45, 2.75) is 71.4 Å². The summed E-state index contributed by atoms with van der Waals surface area (Å²) in [4.78, 5) is 0. The van der Waals surface area contributed by atoms with Gasteiger partial charge in [0.25, 0.3) is 0 Å². The quantitative estimate of drug-likeness (QED) is 0.388. The zero-order chi connectivity index (χ0) is 14.1. The molecule has 0 aromatic carbocycles. The molecule has 1 aromatic rings. The van der Waals surface area contributed by atoms with Crippen molar-refractivity contribution in [3.63, 3.8) is 0 Å². The Morgan fingerprint density at radius 3 is 2.58 bits per heavy atom. The molecule has 0 aliphatic rings. The van der Waals surface area contributed by atoms with Crippen molar-refractivity contribution in [1.82, 2.24) is 15.2 Å². The highest BCUT2D eigenvalue weighted by molar-refractivity contribution is 9.10. The van der Waals surface area contributed by atoms with Crippen LogP contribution in [0.3, 0.4) is 0 Å². The van der Waals surface area contributed by atoms with Gasteiger partial charge in [-0.15, -0.1) is 0 Å². The van der Waals surface area contributed by atoms with Crippen LogP contribution in [0.5, 0.6) is 0 Å². The second kappa shape index (κ2) is 9.50. The van der Waals surface area contributed by atoms with Gasteiger partial charge in [0.05, 0.1) is 22.4 Å². The summed E-state index contributed by atoms with van der Waals surface area (Å²) < 4.78 is 3.05. The number of rotatable bonds is 10. The SMILES string of the molecule is CCCCCCCCC(NN)c1c(Br)cnn1CC. The minimum absolute atomic E-state index is 0.183. The zero-order valence-corrected chi connectivity index (χ0v) is 13.7. The minimum Gasteiger partial charge on any atom is -0.271 e. The highest BCUT2D eigenvalue weighted by atomic mass is 79.9. The van der Waals surface area contributed by atoms with E-state index in [1.54, 1.807) is 0 Å². The minimum atomic E-state index is 0.183. The molecule has 0 fully saturated rings. The standard InChI is InChI=1S/C14H27BrN4/c1-3-5-6-7-8-9-10-13(18-16)14-12(15)11-17-19(14)4-2/h11,13,18H,3-10,16H2,1-2H3. The van der Waals surface area contributed by atoms with Gasteiger partial charge in [0.2, 0.25) is 0 Å². The molecule has 1 unspecified atom stereocenters. The first-order chi connectivity index (χ1) is 9.24. The van der Waals surface area contributed by atoms with Crippen molar-refractivity contribution >= 4 is 15.9 Å². The lowest BCUT2D eigenvalue weighted by atomic mass is 10.0. The van der Waals surface area contributed by atoms with Gasteiger partial charge in [-0.1, -0.05) is 45.4 Å². The number of hydrogen-bond donors (Lipinski definition) is 2. The van der Waals surface area contributed by atoms with E-state index in [2.05, 4.69) is 40.3 Å². The van der Waals surface area contributed by atoms with Crippen molar-refractivity contribution in [3.8, 4) is 0 Å². The van der Waals surface area contributed by atoms with E-state index in [1.807, 2.05) is 10.9 Å². The van der Waals surface area contributed by atoms with Crippen LogP contribution < -0.4 is 11.3 Å². The lowest BCUT2D eigenvalue weighted by Crippen LogP contribution is -2.30. The molecule has 1 heterocycles. The van der Waals surface area contributed by atoms with Gasteiger partial charge >= 0.3 is 0 Å². The fourth-order valence-electron chi connectivity index (χ4n) is 2.40. The number of nitrogens with zero attached hydrogens (tertiary/aromatic N) is 2. The van der Waals surface area contributed by atoms with Crippen LogP contribution in [0.15, 0.2) is 10.7 Å². The average Bonchev–Trinajstić information content (AvgIpc) is 2.79. The molecule has 0 saturated carbocycles. The Kier molecular flexibility index (Phi) is 8.34. The molecule has 5 heteroatoms. The molecular weight excluding hydrogens is 304 g/mol. The molecule has 1 atom stereocenters. The van der Waals surface area contributed by atoms with Crippen LogP contribution in [0.2, 0.25) is 0 Å². The fourth-order valence-corrected chi connectivity index (χ4v) is 2.97. The lowest BCUT2D eigenvalue weighted by Gasteiger charge is -2.18. The van der Waals surface area contributed by atoms with Gasteiger partial charge in [-0.2, -0.15) is 5.10 Å². The molecule has 19 heavy (non-hydrogen) atoms. The van der Waals surface area contributed by atoms with Gasteiger partial charge < -0.3 is 0 Å². The Hall–Kier alpha value is -0.390. The maximum absolute atomic E-state index is 5.71. The molecule has 3 N–H and O–H groups in total. The molecule has 0 aliphatic heterocycles. The largest absolute Gasteiger partial charge is 0.271 e. The fraction of sp³-hybridized carbons (Fsp3) is 0.786. The Morgan fingerprint density at radius 1 is 1.26 bits per heavy atom. The number of hydrazine groups is 1. The Morgan fingerprint density at radius 2 is 1.95 bits per heavy atom. The first-order valence-electron chi connectivity index (χ1n) is 7.41. The van der Waals surface area contributed by atoms with E-state index in [-0.39, 0.29) is 6.04 Å². The highest BCUT2D eigenvalue weighted by Gasteiger charge is 2.17. The monoisotopic (exact) mass is 330 g/mol. The van der Waals surface area contributed by atoms with Gasteiger partial charge in [0, 0.05) is 6.54 Å². The molecule has 0 radical (unpaired) electrons. The molecule has 0 saturated heterocycles. The van der Waals surface area contributed by atoms with E-state index in [0.717, 1.165) is 17.4 Å². The molecule has 110 valence electrons. The van der Waals surface area contributed by atoms with Crippen LogP contribution in [0.4, 0.5) is 0 Å². The first kappa shape index (κ1) is 16.7.